The van der Waals surface area contributed by atoms with Crippen LogP contribution in [0.3, 0.4) is 0 Å². The molecule has 0 bridgehead atoms. The quantitative estimate of drug-likeness (QED) is 0.482. The van der Waals surface area contributed by atoms with Crippen molar-refractivity contribution in [2.75, 3.05) is 11.1 Å². The number of anilines is 1. The van der Waals surface area contributed by atoms with Gasteiger partial charge in [0.05, 0.1) is 5.75 Å². The van der Waals surface area contributed by atoms with Crippen molar-refractivity contribution in [2.45, 2.75) is 5.16 Å². The molecule has 0 spiro atoms. The SMILES string of the molecule is O=C(CSc1nnc(-c2nccs2)n1-n1cccc1)Nc1ccc(Cl)cc1. The van der Waals surface area contributed by atoms with Crippen LogP contribution in [0.5, 0.6) is 0 Å². The van der Waals surface area contributed by atoms with Crippen LogP contribution in [0.2, 0.25) is 5.02 Å². The van der Waals surface area contributed by atoms with Gasteiger partial charge in [0.2, 0.25) is 16.9 Å². The van der Waals surface area contributed by atoms with Crippen molar-refractivity contribution in [2.24, 2.45) is 0 Å². The Labute approximate surface area is 168 Å². The van der Waals surface area contributed by atoms with Crippen LogP contribution in [0.1, 0.15) is 0 Å². The fourth-order valence-corrected chi connectivity index (χ4v) is 3.81. The van der Waals surface area contributed by atoms with E-state index >= 15 is 0 Å². The van der Waals surface area contributed by atoms with Crippen LogP contribution in [0, 0.1) is 0 Å². The number of nitrogens with one attached hydrogen (secondary N) is 1. The molecule has 0 fully saturated rings. The third kappa shape index (κ3) is 4.05. The summed E-state index contributed by atoms with van der Waals surface area (Å²) in [7, 11) is 0. The molecule has 27 heavy (non-hydrogen) atoms. The predicted octanol–water partition coefficient (Wildman–Crippen LogP) is 3.90. The Morgan fingerprint density at radius 1 is 1.19 bits per heavy atom. The van der Waals surface area contributed by atoms with E-state index < -0.39 is 0 Å². The van der Waals surface area contributed by atoms with Crippen LogP contribution in [0.4, 0.5) is 5.69 Å². The van der Waals surface area contributed by atoms with E-state index in [9.17, 15) is 4.79 Å². The molecule has 0 radical (unpaired) electrons. The Balaban J connectivity index is 1.52. The lowest BCUT2D eigenvalue weighted by Gasteiger charge is -2.10. The minimum absolute atomic E-state index is 0.139. The Kier molecular flexibility index (Phi) is 5.23. The van der Waals surface area contributed by atoms with Gasteiger partial charge < -0.3 is 5.32 Å². The molecule has 0 aliphatic rings. The summed E-state index contributed by atoms with van der Waals surface area (Å²) in [6.45, 7) is 0. The molecule has 3 aromatic heterocycles. The number of nitrogens with zero attached hydrogens (tertiary/aromatic N) is 5. The van der Waals surface area contributed by atoms with Crippen LogP contribution in [-0.4, -0.2) is 36.2 Å². The summed E-state index contributed by atoms with van der Waals surface area (Å²) in [4.78, 5) is 16.6. The zero-order valence-electron chi connectivity index (χ0n) is 13.8. The fraction of sp³-hybridized carbons (Fsp3) is 0.0588. The summed E-state index contributed by atoms with van der Waals surface area (Å²) in [5.41, 5.74) is 0.695. The third-order valence-electron chi connectivity index (χ3n) is 3.52. The van der Waals surface area contributed by atoms with Gasteiger partial charge in [-0.2, -0.15) is 0 Å². The maximum Gasteiger partial charge on any atom is 0.234 e. The lowest BCUT2D eigenvalue weighted by Crippen LogP contribution is -2.15. The molecule has 1 aromatic carbocycles. The Morgan fingerprint density at radius 3 is 2.67 bits per heavy atom. The topological polar surface area (TPSA) is 77.6 Å². The summed E-state index contributed by atoms with van der Waals surface area (Å²) in [6, 6.07) is 10.8. The highest BCUT2D eigenvalue weighted by Crippen LogP contribution is 2.25. The minimum Gasteiger partial charge on any atom is -0.325 e. The van der Waals surface area contributed by atoms with Crippen molar-refractivity contribution in [1.29, 1.82) is 0 Å². The molecule has 1 amide bonds. The number of halogens is 1. The zero-order valence-corrected chi connectivity index (χ0v) is 16.2. The smallest absolute Gasteiger partial charge is 0.234 e. The average Bonchev–Trinajstić information content (AvgIpc) is 3.42. The van der Waals surface area contributed by atoms with Gasteiger partial charge in [-0.05, 0) is 36.4 Å². The van der Waals surface area contributed by atoms with Gasteiger partial charge in [0.15, 0.2) is 5.01 Å². The fourth-order valence-electron chi connectivity index (χ4n) is 2.35. The van der Waals surface area contributed by atoms with Crippen LogP contribution in [-0.2, 0) is 4.79 Å². The first kappa shape index (κ1) is 17.8. The second kappa shape index (κ2) is 7.95. The maximum atomic E-state index is 12.3. The molecule has 0 unspecified atom stereocenters. The highest BCUT2D eigenvalue weighted by atomic mass is 35.5. The first-order valence-electron chi connectivity index (χ1n) is 7.88. The number of amides is 1. The average molecular weight is 417 g/mol. The van der Waals surface area contributed by atoms with Crippen LogP contribution < -0.4 is 5.32 Å². The molecule has 1 N–H and O–H groups in total. The monoisotopic (exact) mass is 416 g/mol. The predicted molar refractivity (Wildman–Crippen MR) is 107 cm³/mol. The molecule has 0 saturated carbocycles. The van der Waals surface area contributed by atoms with Crippen molar-refractivity contribution in [3.63, 3.8) is 0 Å². The summed E-state index contributed by atoms with van der Waals surface area (Å²) < 4.78 is 3.69. The molecule has 4 rings (SSSR count). The van der Waals surface area contributed by atoms with Gasteiger partial charge in [-0.1, -0.05) is 23.4 Å². The van der Waals surface area contributed by atoms with Gasteiger partial charge in [-0.25, -0.2) is 9.66 Å². The summed E-state index contributed by atoms with van der Waals surface area (Å²) >= 11 is 8.64. The van der Waals surface area contributed by atoms with E-state index in [1.54, 1.807) is 30.5 Å². The molecular formula is C17H13ClN6OS2. The number of carbonyl (C=O) groups is 1. The Morgan fingerprint density at radius 2 is 1.96 bits per heavy atom. The van der Waals surface area contributed by atoms with Gasteiger partial charge in [-0.15, -0.1) is 21.5 Å². The molecular weight excluding hydrogens is 404 g/mol. The molecule has 0 aliphatic heterocycles. The number of carbonyl (C=O) groups excluding carboxylic acids is 1. The second-order valence-electron chi connectivity index (χ2n) is 5.36. The van der Waals surface area contributed by atoms with E-state index in [2.05, 4.69) is 20.5 Å². The minimum atomic E-state index is -0.139. The molecule has 0 aliphatic carbocycles. The van der Waals surface area contributed by atoms with Crippen LogP contribution in [0.15, 0.2) is 65.5 Å². The number of rotatable bonds is 6. The molecule has 10 heteroatoms. The Bertz CT molecular complexity index is 1030. The van der Waals surface area contributed by atoms with E-state index in [1.807, 2.05) is 39.3 Å². The Hall–Kier alpha value is -2.62. The molecule has 3 heterocycles. The first-order valence-corrected chi connectivity index (χ1v) is 10.1. The zero-order chi connectivity index (χ0) is 18.6. The van der Waals surface area contributed by atoms with E-state index in [0.29, 0.717) is 21.7 Å². The summed E-state index contributed by atoms with van der Waals surface area (Å²) in [5, 5.41) is 15.2. The number of thioether (sulfide) groups is 1. The third-order valence-corrected chi connectivity index (χ3v) is 5.46. The normalized spacial score (nSPS) is 10.9. The van der Waals surface area contributed by atoms with E-state index in [4.69, 9.17) is 11.6 Å². The lowest BCUT2D eigenvalue weighted by molar-refractivity contribution is -0.113. The van der Waals surface area contributed by atoms with Gasteiger partial charge >= 0.3 is 0 Å². The lowest BCUT2D eigenvalue weighted by atomic mass is 10.3. The van der Waals surface area contributed by atoms with Crippen molar-refractivity contribution in [3.8, 4) is 10.8 Å². The molecule has 0 atom stereocenters. The van der Waals surface area contributed by atoms with Gasteiger partial charge in [0.1, 0.15) is 0 Å². The standard InChI is InChI=1S/C17H13ClN6OS2/c18-12-3-5-13(6-4-12)20-14(25)11-27-17-22-21-15(16-19-7-10-26-16)24(17)23-8-1-2-9-23/h1-10H,11H2,(H,20,25). The van der Waals surface area contributed by atoms with Crippen molar-refractivity contribution < 1.29 is 4.79 Å². The number of thiazole rings is 1. The molecule has 7 nitrogen and oxygen atoms in total. The second-order valence-corrected chi connectivity index (χ2v) is 7.64. The molecule has 136 valence electrons. The van der Waals surface area contributed by atoms with Crippen molar-refractivity contribution in [1.82, 2.24) is 24.5 Å². The van der Waals surface area contributed by atoms with E-state index in [0.717, 1.165) is 5.01 Å². The highest BCUT2D eigenvalue weighted by Gasteiger charge is 2.18. The van der Waals surface area contributed by atoms with Crippen LogP contribution >= 0.6 is 34.7 Å². The van der Waals surface area contributed by atoms with Crippen LogP contribution in [0.25, 0.3) is 10.8 Å². The van der Waals surface area contributed by atoms with Gasteiger partial charge in [0.25, 0.3) is 0 Å². The number of hydrogen-bond acceptors (Lipinski definition) is 6. The van der Waals surface area contributed by atoms with Gasteiger partial charge in [-0.3, -0.25) is 9.47 Å². The van der Waals surface area contributed by atoms with Crippen molar-refractivity contribution >= 4 is 46.3 Å². The van der Waals surface area contributed by atoms with E-state index in [-0.39, 0.29) is 11.7 Å². The molecule has 0 saturated heterocycles. The summed E-state index contributed by atoms with van der Waals surface area (Å²) in [6.07, 6.45) is 5.50. The largest absolute Gasteiger partial charge is 0.325 e. The maximum absolute atomic E-state index is 12.3. The number of hydrogen-bond donors (Lipinski definition) is 1. The highest BCUT2D eigenvalue weighted by molar-refractivity contribution is 7.99. The first-order chi connectivity index (χ1) is 13.2. The van der Waals surface area contributed by atoms with Gasteiger partial charge in [0, 0.05) is 34.7 Å². The number of aromatic nitrogens is 5. The van der Waals surface area contributed by atoms with Crippen molar-refractivity contribution in [3.05, 3.63) is 65.4 Å². The van der Waals surface area contributed by atoms with E-state index in [1.165, 1.54) is 23.1 Å². The number of benzene rings is 1. The molecule has 4 aromatic rings. The summed E-state index contributed by atoms with van der Waals surface area (Å²) in [5.74, 6) is 0.682.